The standard InChI is InChI=1S/C34H41N/c1-8-25(6)23-27(9-2)21-22-29(11-4)33(30(12-5)24-35)34(31-17-14-13-15-18-31)32-20-16-19-28(10-3)26(32)7/h8,11,13-23H,5,9-10,24,35H2,1-4,6-7H3/b22-21+,25-8-,27-23+,29-11-,34-33-. The van der Waals surface area contributed by atoms with Gasteiger partial charge in [0.25, 0.3) is 0 Å². The number of nitrogens with two attached hydrogens (primary N) is 1. The van der Waals surface area contributed by atoms with Crippen LogP contribution in [0.1, 0.15) is 63.3 Å². The van der Waals surface area contributed by atoms with E-state index < -0.39 is 0 Å². The van der Waals surface area contributed by atoms with Gasteiger partial charge in [0.2, 0.25) is 0 Å². The molecule has 0 spiro atoms. The van der Waals surface area contributed by atoms with Crippen molar-refractivity contribution in [2.45, 2.75) is 54.4 Å². The predicted molar refractivity (Wildman–Crippen MR) is 155 cm³/mol. The first kappa shape index (κ1) is 27.9. The van der Waals surface area contributed by atoms with E-state index in [0.717, 1.165) is 35.1 Å². The molecule has 0 saturated heterocycles. The van der Waals surface area contributed by atoms with Crippen molar-refractivity contribution < 1.29 is 0 Å². The van der Waals surface area contributed by atoms with Crippen molar-refractivity contribution in [1.82, 2.24) is 0 Å². The molecule has 2 aromatic carbocycles. The Balaban J connectivity index is 2.96. The summed E-state index contributed by atoms with van der Waals surface area (Å²) in [6.45, 7) is 17.3. The van der Waals surface area contributed by atoms with Crippen LogP contribution in [0.2, 0.25) is 0 Å². The van der Waals surface area contributed by atoms with Crippen LogP contribution >= 0.6 is 0 Å². The van der Waals surface area contributed by atoms with E-state index in [2.05, 4.69) is 133 Å². The third-order valence-electron chi connectivity index (χ3n) is 6.48. The van der Waals surface area contributed by atoms with Gasteiger partial charge >= 0.3 is 0 Å². The topological polar surface area (TPSA) is 26.0 Å². The summed E-state index contributed by atoms with van der Waals surface area (Å²) in [4.78, 5) is 0. The number of hydrogen-bond acceptors (Lipinski definition) is 1. The molecule has 0 saturated carbocycles. The molecule has 0 aromatic heterocycles. The molecule has 0 aliphatic heterocycles. The SMILES string of the molecule is C=C=C(CN)C(/C(=C\C)/C=C/C(=C/C(C)=C\C)CC)=C(/c1ccccc1)c1cccc(CC)c1C. The van der Waals surface area contributed by atoms with Gasteiger partial charge < -0.3 is 5.73 Å². The minimum Gasteiger partial charge on any atom is -0.326 e. The molecule has 0 atom stereocenters. The number of rotatable bonds is 10. The summed E-state index contributed by atoms with van der Waals surface area (Å²) in [5, 5.41) is 0. The second-order valence-electron chi connectivity index (χ2n) is 8.60. The molecule has 2 N–H and O–H groups in total. The third kappa shape index (κ3) is 7.06. The molecular formula is C34H41N. The van der Waals surface area contributed by atoms with Crippen LogP contribution < -0.4 is 5.73 Å². The van der Waals surface area contributed by atoms with Crippen LogP contribution in [-0.4, -0.2) is 6.54 Å². The molecule has 2 rings (SSSR count). The van der Waals surface area contributed by atoms with Gasteiger partial charge in [0.1, 0.15) is 0 Å². The highest BCUT2D eigenvalue weighted by atomic mass is 14.5. The van der Waals surface area contributed by atoms with Crippen LogP contribution in [0.5, 0.6) is 0 Å². The first-order valence-corrected chi connectivity index (χ1v) is 12.6. The van der Waals surface area contributed by atoms with E-state index in [1.807, 2.05) is 0 Å². The van der Waals surface area contributed by atoms with Crippen LogP contribution in [0.3, 0.4) is 0 Å². The van der Waals surface area contributed by atoms with Crippen LogP contribution in [0.15, 0.2) is 119 Å². The van der Waals surface area contributed by atoms with Gasteiger partial charge in [-0.1, -0.05) is 105 Å². The third-order valence-corrected chi connectivity index (χ3v) is 6.48. The Morgan fingerprint density at radius 1 is 0.971 bits per heavy atom. The summed E-state index contributed by atoms with van der Waals surface area (Å²) < 4.78 is 0. The zero-order valence-electron chi connectivity index (χ0n) is 22.4. The quantitative estimate of drug-likeness (QED) is 0.276. The van der Waals surface area contributed by atoms with Crippen LogP contribution in [-0.2, 0) is 6.42 Å². The summed E-state index contributed by atoms with van der Waals surface area (Å²) in [6.07, 6.45) is 12.9. The van der Waals surface area contributed by atoms with Crippen molar-refractivity contribution in [1.29, 1.82) is 0 Å². The number of allylic oxidation sites excluding steroid dienone is 8. The summed E-state index contributed by atoms with van der Waals surface area (Å²) in [7, 11) is 0. The average molecular weight is 464 g/mol. The van der Waals surface area contributed by atoms with E-state index in [-0.39, 0.29) is 0 Å². The van der Waals surface area contributed by atoms with Gasteiger partial charge in [-0.3, -0.25) is 0 Å². The minimum atomic E-state index is 0.362. The molecule has 35 heavy (non-hydrogen) atoms. The molecule has 0 radical (unpaired) electrons. The highest BCUT2D eigenvalue weighted by Gasteiger charge is 2.19. The fourth-order valence-electron chi connectivity index (χ4n) is 4.27. The summed E-state index contributed by atoms with van der Waals surface area (Å²) >= 11 is 0. The van der Waals surface area contributed by atoms with Crippen LogP contribution in [0.25, 0.3) is 5.57 Å². The minimum absolute atomic E-state index is 0.362. The number of aryl methyl sites for hydroxylation is 1. The van der Waals surface area contributed by atoms with Crippen molar-refractivity contribution in [3.63, 3.8) is 0 Å². The predicted octanol–water partition coefficient (Wildman–Crippen LogP) is 8.83. The Morgan fingerprint density at radius 3 is 2.23 bits per heavy atom. The fourth-order valence-corrected chi connectivity index (χ4v) is 4.27. The van der Waals surface area contributed by atoms with Crippen molar-refractivity contribution >= 4 is 5.57 Å². The van der Waals surface area contributed by atoms with E-state index in [9.17, 15) is 0 Å². The molecule has 1 heteroatoms. The fraction of sp³-hybridized carbons (Fsp3) is 0.265. The Morgan fingerprint density at radius 2 is 1.69 bits per heavy atom. The lowest BCUT2D eigenvalue weighted by molar-refractivity contribution is 1.10. The largest absolute Gasteiger partial charge is 0.326 e. The van der Waals surface area contributed by atoms with E-state index in [0.29, 0.717) is 6.54 Å². The first-order valence-electron chi connectivity index (χ1n) is 12.6. The van der Waals surface area contributed by atoms with Gasteiger partial charge in [0, 0.05) is 17.7 Å². The lowest BCUT2D eigenvalue weighted by Crippen LogP contribution is -2.10. The highest BCUT2D eigenvalue weighted by molar-refractivity contribution is 5.89. The van der Waals surface area contributed by atoms with E-state index >= 15 is 0 Å². The monoisotopic (exact) mass is 463 g/mol. The Kier molecular flexibility index (Phi) is 11.2. The van der Waals surface area contributed by atoms with E-state index in [4.69, 9.17) is 5.73 Å². The molecule has 1 nitrogen and oxygen atoms in total. The van der Waals surface area contributed by atoms with Gasteiger partial charge in [0.15, 0.2) is 0 Å². The Bertz CT molecular complexity index is 1210. The molecule has 182 valence electrons. The van der Waals surface area contributed by atoms with Crippen molar-refractivity contribution in [3.05, 3.63) is 141 Å². The molecule has 0 amide bonds. The van der Waals surface area contributed by atoms with E-state index in [1.54, 1.807) is 0 Å². The smallest absolute Gasteiger partial charge is 0.0258 e. The molecule has 0 fully saturated rings. The number of benzene rings is 2. The Labute approximate surface area is 213 Å². The van der Waals surface area contributed by atoms with Crippen LogP contribution in [0.4, 0.5) is 0 Å². The van der Waals surface area contributed by atoms with Crippen LogP contribution in [0, 0.1) is 6.92 Å². The number of hydrogen-bond donors (Lipinski definition) is 1. The summed E-state index contributed by atoms with van der Waals surface area (Å²) in [5.41, 5.74) is 21.3. The molecule has 0 aliphatic carbocycles. The molecular weight excluding hydrogens is 422 g/mol. The summed E-state index contributed by atoms with van der Waals surface area (Å²) in [5.74, 6) is 0. The Hall–Kier alpha value is -3.38. The lowest BCUT2D eigenvalue weighted by atomic mass is 9.82. The van der Waals surface area contributed by atoms with Crippen molar-refractivity contribution in [2.75, 3.05) is 6.54 Å². The van der Waals surface area contributed by atoms with Crippen molar-refractivity contribution in [3.8, 4) is 0 Å². The molecule has 0 bridgehead atoms. The normalized spacial score (nSPS) is 13.6. The maximum Gasteiger partial charge on any atom is 0.0258 e. The lowest BCUT2D eigenvalue weighted by Gasteiger charge is -2.21. The highest BCUT2D eigenvalue weighted by Crippen LogP contribution is 2.37. The summed E-state index contributed by atoms with van der Waals surface area (Å²) in [6, 6.07) is 17.2. The molecule has 0 heterocycles. The first-order chi connectivity index (χ1) is 16.9. The van der Waals surface area contributed by atoms with Gasteiger partial charge in [-0.2, -0.15) is 0 Å². The maximum absolute atomic E-state index is 6.29. The molecule has 2 aromatic rings. The zero-order valence-corrected chi connectivity index (χ0v) is 22.4. The molecule has 0 unspecified atom stereocenters. The van der Waals surface area contributed by atoms with Crippen molar-refractivity contribution in [2.24, 2.45) is 5.73 Å². The van der Waals surface area contributed by atoms with E-state index in [1.165, 1.54) is 33.4 Å². The van der Waals surface area contributed by atoms with Gasteiger partial charge in [-0.25, -0.2) is 0 Å². The van der Waals surface area contributed by atoms with Gasteiger partial charge in [0.05, 0.1) is 0 Å². The maximum atomic E-state index is 6.29. The second-order valence-corrected chi connectivity index (χ2v) is 8.60. The average Bonchev–Trinajstić information content (AvgIpc) is 2.90. The van der Waals surface area contributed by atoms with Gasteiger partial charge in [-0.05, 0) is 79.5 Å². The zero-order chi connectivity index (χ0) is 25.8. The van der Waals surface area contributed by atoms with Gasteiger partial charge in [-0.15, -0.1) is 5.73 Å². The molecule has 0 aliphatic rings. The second kappa shape index (κ2) is 14.1.